The van der Waals surface area contributed by atoms with E-state index < -0.39 is 0 Å². The third-order valence-corrected chi connectivity index (χ3v) is 5.24. The molecule has 0 spiro atoms. The van der Waals surface area contributed by atoms with Gasteiger partial charge in [0.1, 0.15) is 23.4 Å². The van der Waals surface area contributed by atoms with Crippen molar-refractivity contribution >= 4 is 28.1 Å². The van der Waals surface area contributed by atoms with E-state index >= 15 is 0 Å². The van der Waals surface area contributed by atoms with Crippen molar-refractivity contribution in [1.29, 1.82) is 0 Å². The minimum Gasteiger partial charge on any atom is -0.383 e. The molecule has 0 aliphatic heterocycles. The molecule has 144 valence electrons. The quantitative estimate of drug-likeness (QED) is 0.494. The molecule has 4 aromatic rings. The van der Waals surface area contributed by atoms with Gasteiger partial charge >= 0.3 is 0 Å². The highest BCUT2D eigenvalue weighted by molar-refractivity contribution is 7.13. The highest BCUT2D eigenvalue weighted by atomic mass is 32.1. The van der Waals surface area contributed by atoms with Crippen LogP contribution < -0.4 is 5.32 Å². The number of para-hydroxylation sites is 1. The third-order valence-electron chi connectivity index (χ3n) is 4.38. The van der Waals surface area contributed by atoms with Gasteiger partial charge in [-0.15, -0.1) is 11.3 Å². The number of methoxy groups -OCH3 is 1. The van der Waals surface area contributed by atoms with Gasteiger partial charge in [-0.1, -0.05) is 18.2 Å². The second kappa shape index (κ2) is 8.32. The summed E-state index contributed by atoms with van der Waals surface area (Å²) < 4.78 is 9.11. The topological polar surface area (TPSA) is 86.9 Å². The van der Waals surface area contributed by atoms with Crippen LogP contribution in [-0.4, -0.2) is 50.5 Å². The summed E-state index contributed by atoms with van der Waals surface area (Å²) in [5.41, 5.74) is 2.54. The first kappa shape index (κ1) is 18.3. The molecular weight excluding hydrogens is 376 g/mol. The van der Waals surface area contributed by atoms with Gasteiger partial charge in [0, 0.05) is 36.5 Å². The van der Waals surface area contributed by atoms with Crippen molar-refractivity contribution < 1.29 is 9.53 Å². The van der Waals surface area contributed by atoms with Crippen molar-refractivity contribution in [2.75, 3.05) is 20.3 Å². The van der Waals surface area contributed by atoms with E-state index in [1.165, 1.54) is 17.7 Å². The molecule has 0 radical (unpaired) electrons. The minimum absolute atomic E-state index is 0.192. The Hall–Kier alpha value is -3.04. The number of hydrogen-bond donors (Lipinski definition) is 1. The van der Waals surface area contributed by atoms with Gasteiger partial charge in [0.15, 0.2) is 0 Å². The Morgan fingerprint density at radius 2 is 2.18 bits per heavy atom. The van der Waals surface area contributed by atoms with Crippen molar-refractivity contribution in [1.82, 2.24) is 29.6 Å². The number of carbonyl (C=O) groups is 1. The number of benzene rings is 1. The first-order chi connectivity index (χ1) is 13.8. The predicted octanol–water partition coefficient (Wildman–Crippen LogP) is 2.43. The van der Waals surface area contributed by atoms with E-state index in [4.69, 9.17) is 4.74 Å². The molecule has 4 rings (SSSR count). The molecule has 0 aliphatic carbocycles. The van der Waals surface area contributed by atoms with Gasteiger partial charge in [-0.05, 0) is 12.1 Å². The van der Waals surface area contributed by atoms with E-state index in [-0.39, 0.29) is 5.91 Å². The molecule has 1 amide bonds. The SMILES string of the molecule is COCCn1c(-c2nc(C(=O)NCCn3cncn3)cs2)cc2ccccc21. The summed E-state index contributed by atoms with van der Waals surface area (Å²) in [6.45, 7) is 2.35. The number of hydrogen-bond acceptors (Lipinski definition) is 6. The van der Waals surface area contributed by atoms with Gasteiger partial charge in [-0.3, -0.25) is 9.48 Å². The van der Waals surface area contributed by atoms with Crippen molar-refractivity contribution in [2.24, 2.45) is 0 Å². The van der Waals surface area contributed by atoms with Gasteiger partial charge < -0.3 is 14.6 Å². The lowest BCUT2D eigenvalue weighted by molar-refractivity contribution is 0.0947. The average molecular weight is 396 g/mol. The van der Waals surface area contributed by atoms with E-state index in [0.29, 0.717) is 25.4 Å². The summed E-state index contributed by atoms with van der Waals surface area (Å²) in [6, 6.07) is 10.3. The van der Waals surface area contributed by atoms with Crippen molar-refractivity contribution in [3.63, 3.8) is 0 Å². The molecular formula is C19H20N6O2S. The number of ether oxygens (including phenoxy) is 1. The molecule has 28 heavy (non-hydrogen) atoms. The van der Waals surface area contributed by atoms with Gasteiger partial charge in [0.2, 0.25) is 0 Å². The standard InChI is InChI=1S/C19H20N6O2S/c1-27-9-8-25-16-5-3-2-4-14(16)10-17(25)19-23-15(11-28-19)18(26)21-6-7-24-13-20-12-22-24/h2-5,10-13H,6-9H2,1H3,(H,21,26). The number of thiazole rings is 1. The Labute approximate surface area is 165 Å². The summed E-state index contributed by atoms with van der Waals surface area (Å²) in [6.07, 6.45) is 3.09. The fourth-order valence-electron chi connectivity index (χ4n) is 3.03. The van der Waals surface area contributed by atoms with Gasteiger partial charge in [-0.2, -0.15) is 5.10 Å². The maximum absolute atomic E-state index is 12.4. The maximum Gasteiger partial charge on any atom is 0.270 e. The average Bonchev–Trinajstić information content (AvgIpc) is 3.45. The lowest BCUT2D eigenvalue weighted by Crippen LogP contribution is -2.27. The molecule has 3 heterocycles. The highest BCUT2D eigenvalue weighted by Crippen LogP contribution is 2.30. The second-order valence-corrected chi connectivity index (χ2v) is 7.04. The van der Waals surface area contributed by atoms with Crippen LogP contribution in [0.4, 0.5) is 0 Å². The van der Waals surface area contributed by atoms with Crippen LogP contribution in [0.5, 0.6) is 0 Å². The van der Waals surface area contributed by atoms with Crippen molar-refractivity contribution in [3.05, 3.63) is 54.1 Å². The monoisotopic (exact) mass is 396 g/mol. The summed E-state index contributed by atoms with van der Waals surface area (Å²) >= 11 is 1.46. The first-order valence-corrected chi connectivity index (χ1v) is 9.78. The first-order valence-electron chi connectivity index (χ1n) is 8.90. The zero-order valence-electron chi connectivity index (χ0n) is 15.4. The number of aromatic nitrogens is 5. The Morgan fingerprint density at radius 3 is 3.00 bits per heavy atom. The van der Waals surface area contributed by atoms with Crippen LogP contribution >= 0.6 is 11.3 Å². The van der Waals surface area contributed by atoms with E-state index in [0.717, 1.165) is 28.1 Å². The minimum atomic E-state index is -0.192. The lowest BCUT2D eigenvalue weighted by atomic mass is 10.2. The molecule has 8 nitrogen and oxygen atoms in total. The summed E-state index contributed by atoms with van der Waals surface area (Å²) in [5, 5.41) is 10.6. The smallest absolute Gasteiger partial charge is 0.270 e. The predicted molar refractivity (Wildman–Crippen MR) is 107 cm³/mol. The summed E-state index contributed by atoms with van der Waals surface area (Å²) in [5.74, 6) is -0.192. The zero-order chi connectivity index (χ0) is 19.3. The fourth-order valence-corrected chi connectivity index (χ4v) is 3.85. The normalized spacial score (nSPS) is 11.2. The van der Waals surface area contributed by atoms with Gasteiger partial charge in [0.25, 0.3) is 5.91 Å². The van der Waals surface area contributed by atoms with Crippen molar-refractivity contribution in [3.8, 4) is 10.7 Å². The maximum atomic E-state index is 12.4. The number of carbonyl (C=O) groups excluding carboxylic acids is 1. The Morgan fingerprint density at radius 1 is 1.29 bits per heavy atom. The zero-order valence-corrected chi connectivity index (χ0v) is 16.2. The van der Waals surface area contributed by atoms with E-state index in [1.807, 2.05) is 12.1 Å². The van der Waals surface area contributed by atoms with Crippen LogP contribution in [0.1, 0.15) is 10.5 Å². The van der Waals surface area contributed by atoms with Crippen LogP contribution in [0.25, 0.3) is 21.6 Å². The molecule has 1 N–H and O–H groups in total. The molecule has 0 atom stereocenters. The molecule has 1 aromatic carbocycles. The van der Waals surface area contributed by atoms with E-state index in [2.05, 4.69) is 43.1 Å². The number of nitrogens with one attached hydrogen (secondary N) is 1. The van der Waals surface area contributed by atoms with Gasteiger partial charge in [-0.25, -0.2) is 9.97 Å². The van der Waals surface area contributed by atoms with Crippen LogP contribution in [0.15, 0.2) is 48.4 Å². The second-order valence-electron chi connectivity index (χ2n) is 6.19. The molecule has 3 aromatic heterocycles. The molecule has 0 saturated carbocycles. The number of fused-ring (bicyclic) bond motifs is 1. The number of rotatable bonds is 8. The molecule has 0 unspecified atom stereocenters. The number of amides is 1. The Bertz CT molecular complexity index is 1070. The van der Waals surface area contributed by atoms with E-state index in [1.54, 1.807) is 23.5 Å². The van der Waals surface area contributed by atoms with Crippen LogP contribution in [-0.2, 0) is 17.8 Å². The summed E-state index contributed by atoms with van der Waals surface area (Å²) in [7, 11) is 1.69. The van der Waals surface area contributed by atoms with Crippen LogP contribution in [0, 0.1) is 0 Å². The third kappa shape index (κ3) is 3.80. The lowest BCUT2D eigenvalue weighted by Gasteiger charge is -2.08. The molecule has 0 bridgehead atoms. The van der Waals surface area contributed by atoms with Crippen LogP contribution in [0.2, 0.25) is 0 Å². The van der Waals surface area contributed by atoms with Gasteiger partial charge in [0.05, 0.1) is 18.8 Å². The van der Waals surface area contributed by atoms with E-state index in [9.17, 15) is 4.79 Å². The molecule has 0 aliphatic rings. The number of nitrogens with zero attached hydrogens (tertiary/aromatic N) is 5. The van der Waals surface area contributed by atoms with Crippen molar-refractivity contribution in [2.45, 2.75) is 13.1 Å². The largest absolute Gasteiger partial charge is 0.383 e. The Kier molecular flexibility index (Phi) is 5.45. The Balaban J connectivity index is 1.52. The highest BCUT2D eigenvalue weighted by Gasteiger charge is 2.16. The molecule has 0 saturated heterocycles. The molecule has 9 heteroatoms. The summed E-state index contributed by atoms with van der Waals surface area (Å²) in [4.78, 5) is 20.9. The van der Waals surface area contributed by atoms with Crippen LogP contribution in [0.3, 0.4) is 0 Å². The molecule has 0 fully saturated rings. The fraction of sp³-hybridized carbons (Fsp3) is 0.263.